The Kier molecular flexibility index (Phi) is 31.6. The Morgan fingerprint density at radius 1 is 0.432 bits per heavy atom. The normalized spacial score (nSPS) is 12.5. The van der Waals surface area contributed by atoms with Gasteiger partial charge in [-0.1, -0.05) is 136 Å². The summed E-state index contributed by atoms with van der Waals surface area (Å²) in [5.41, 5.74) is 0. The molecule has 0 saturated heterocycles. The number of ether oxygens (including phenoxy) is 3. The van der Waals surface area contributed by atoms with Crippen LogP contribution in [0.25, 0.3) is 0 Å². The molecule has 0 aliphatic carbocycles. The van der Waals surface area contributed by atoms with E-state index in [1.807, 2.05) is 6.92 Å². The largest absolute Gasteiger partial charge is 0.466 e. The van der Waals surface area contributed by atoms with Crippen LogP contribution in [0, 0.1) is 0 Å². The van der Waals surface area contributed by atoms with Crippen LogP contribution < -0.4 is 0 Å². The molecule has 0 bridgehead atoms. The van der Waals surface area contributed by atoms with Crippen molar-refractivity contribution in [2.45, 2.75) is 220 Å². The third-order valence-corrected chi connectivity index (χ3v) is 8.41. The van der Waals surface area contributed by atoms with Crippen LogP contribution in [0.15, 0.2) is 0 Å². The minimum Gasteiger partial charge on any atom is -0.466 e. The average molecular weight is 625 g/mol. The molecular weight excluding hydrogens is 552 g/mol. The van der Waals surface area contributed by atoms with Crippen LogP contribution in [-0.4, -0.2) is 36.7 Å². The van der Waals surface area contributed by atoms with Gasteiger partial charge in [0.25, 0.3) is 0 Å². The van der Waals surface area contributed by atoms with Gasteiger partial charge in [-0.2, -0.15) is 0 Å². The lowest BCUT2D eigenvalue weighted by atomic mass is 10.1. The maximum absolute atomic E-state index is 12.6. The highest BCUT2D eigenvalue weighted by Crippen LogP contribution is 2.17. The second-order valence-electron chi connectivity index (χ2n) is 13.0. The minimum absolute atomic E-state index is 0.132. The highest BCUT2D eigenvalue weighted by atomic mass is 16.6. The van der Waals surface area contributed by atoms with Crippen molar-refractivity contribution in [2.24, 2.45) is 0 Å². The lowest BCUT2D eigenvalue weighted by molar-refractivity contribution is -0.153. The van der Waals surface area contributed by atoms with E-state index < -0.39 is 0 Å². The number of rotatable bonds is 33. The summed E-state index contributed by atoms with van der Waals surface area (Å²) in [6.07, 6.45) is 28.1. The molecule has 0 heterocycles. The number of hydrogen-bond donors (Lipinski definition) is 0. The Morgan fingerprint density at radius 2 is 0.818 bits per heavy atom. The van der Waals surface area contributed by atoms with Crippen LogP contribution >= 0.6 is 0 Å². The average Bonchev–Trinajstić information content (AvgIpc) is 3.00. The van der Waals surface area contributed by atoms with Crippen molar-refractivity contribution in [1.82, 2.24) is 0 Å². The fraction of sp³-hybridized carbons (Fsp3) is 0.921. The summed E-state index contributed by atoms with van der Waals surface area (Å²) in [6, 6.07) is 0. The number of esters is 3. The second kappa shape index (κ2) is 32.8. The molecule has 0 aromatic carbocycles. The molecule has 0 saturated carbocycles. The standard InChI is InChI=1S/C38H72O6/c1-5-8-11-14-17-20-23-28-36(39)42-33-26-27-35(44-38(41)30-25-22-19-16-13-10-7-3)32-31-34(4)43-37(40)29-24-21-18-15-12-9-6-2/h34-35H,5-33H2,1-4H3/t34-,35-/m0/s1. The van der Waals surface area contributed by atoms with Crippen LogP contribution in [0.1, 0.15) is 207 Å². The van der Waals surface area contributed by atoms with Gasteiger partial charge in [-0.3, -0.25) is 14.4 Å². The van der Waals surface area contributed by atoms with Crippen molar-refractivity contribution in [3.8, 4) is 0 Å². The Balaban J connectivity index is 4.42. The molecule has 0 spiro atoms. The summed E-state index contributed by atoms with van der Waals surface area (Å²) in [6.45, 7) is 8.93. The molecule has 0 rings (SSSR count). The summed E-state index contributed by atoms with van der Waals surface area (Å²) in [5, 5.41) is 0. The first kappa shape index (κ1) is 42.4. The zero-order valence-electron chi connectivity index (χ0n) is 29.6. The lowest BCUT2D eigenvalue weighted by Crippen LogP contribution is -2.22. The van der Waals surface area contributed by atoms with Crippen molar-refractivity contribution < 1.29 is 28.6 Å². The van der Waals surface area contributed by atoms with Crippen LogP contribution in [0.3, 0.4) is 0 Å². The van der Waals surface area contributed by atoms with Gasteiger partial charge >= 0.3 is 17.9 Å². The maximum atomic E-state index is 12.6. The summed E-state index contributed by atoms with van der Waals surface area (Å²) in [7, 11) is 0. The number of carbonyl (C=O) groups is 3. The molecular formula is C38H72O6. The van der Waals surface area contributed by atoms with Crippen molar-refractivity contribution in [1.29, 1.82) is 0 Å². The zero-order chi connectivity index (χ0) is 32.5. The first-order valence-electron chi connectivity index (χ1n) is 19.0. The van der Waals surface area contributed by atoms with Crippen LogP contribution in [0.5, 0.6) is 0 Å². The minimum atomic E-state index is -0.252. The molecule has 0 radical (unpaired) electrons. The van der Waals surface area contributed by atoms with Gasteiger partial charge in [0.2, 0.25) is 0 Å². The molecule has 0 aromatic heterocycles. The molecule has 44 heavy (non-hydrogen) atoms. The topological polar surface area (TPSA) is 78.9 Å². The summed E-state index contributed by atoms with van der Waals surface area (Å²) < 4.78 is 17.0. The van der Waals surface area contributed by atoms with Crippen molar-refractivity contribution in [2.75, 3.05) is 6.61 Å². The van der Waals surface area contributed by atoms with Gasteiger partial charge < -0.3 is 14.2 Å². The van der Waals surface area contributed by atoms with Gasteiger partial charge in [0.05, 0.1) is 12.7 Å². The van der Waals surface area contributed by atoms with E-state index >= 15 is 0 Å². The van der Waals surface area contributed by atoms with E-state index in [4.69, 9.17) is 14.2 Å². The molecule has 0 aliphatic rings. The van der Waals surface area contributed by atoms with Crippen molar-refractivity contribution in [3.05, 3.63) is 0 Å². The van der Waals surface area contributed by atoms with E-state index in [1.165, 1.54) is 96.3 Å². The quantitative estimate of drug-likeness (QED) is 0.0410. The predicted octanol–water partition coefficient (Wildman–Crippen LogP) is 11.4. The van der Waals surface area contributed by atoms with E-state index in [0.29, 0.717) is 51.6 Å². The van der Waals surface area contributed by atoms with E-state index in [0.717, 1.165) is 38.5 Å². The van der Waals surface area contributed by atoms with Gasteiger partial charge in [-0.25, -0.2) is 0 Å². The van der Waals surface area contributed by atoms with E-state index in [2.05, 4.69) is 20.8 Å². The summed E-state index contributed by atoms with van der Waals surface area (Å²) in [4.78, 5) is 37.1. The molecule has 0 aliphatic heterocycles. The van der Waals surface area contributed by atoms with E-state index in [1.54, 1.807) is 0 Å². The monoisotopic (exact) mass is 625 g/mol. The third kappa shape index (κ3) is 30.4. The molecule has 6 heteroatoms. The Morgan fingerprint density at radius 3 is 1.27 bits per heavy atom. The first-order chi connectivity index (χ1) is 21.4. The van der Waals surface area contributed by atoms with Crippen LogP contribution in [-0.2, 0) is 28.6 Å². The van der Waals surface area contributed by atoms with Gasteiger partial charge in [-0.05, 0) is 51.9 Å². The van der Waals surface area contributed by atoms with E-state index in [-0.39, 0.29) is 30.1 Å². The maximum Gasteiger partial charge on any atom is 0.306 e. The fourth-order valence-corrected chi connectivity index (χ4v) is 5.52. The zero-order valence-corrected chi connectivity index (χ0v) is 29.6. The first-order valence-corrected chi connectivity index (χ1v) is 19.0. The van der Waals surface area contributed by atoms with Crippen molar-refractivity contribution >= 4 is 17.9 Å². The highest BCUT2D eigenvalue weighted by Gasteiger charge is 2.18. The fourth-order valence-electron chi connectivity index (χ4n) is 5.52. The third-order valence-electron chi connectivity index (χ3n) is 8.41. The van der Waals surface area contributed by atoms with Gasteiger partial charge in [0.15, 0.2) is 0 Å². The molecule has 6 nitrogen and oxygen atoms in total. The summed E-state index contributed by atoms with van der Waals surface area (Å²) >= 11 is 0. The molecule has 2 atom stereocenters. The van der Waals surface area contributed by atoms with Gasteiger partial charge in [-0.15, -0.1) is 0 Å². The van der Waals surface area contributed by atoms with E-state index in [9.17, 15) is 14.4 Å². The Hall–Kier alpha value is -1.59. The Labute approximate surface area is 272 Å². The molecule has 0 fully saturated rings. The number of carbonyl (C=O) groups excluding carboxylic acids is 3. The molecule has 0 aromatic rings. The van der Waals surface area contributed by atoms with Gasteiger partial charge in [0, 0.05) is 19.3 Å². The second-order valence-corrected chi connectivity index (χ2v) is 13.0. The summed E-state index contributed by atoms with van der Waals surface area (Å²) in [5.74, 6) is -0.415. The highest BCUT2D eigenvalue weighted by molar-refractivity contribution is 5.70. The number of hydrogen-bond acceptors (Lipinski definition) is 6. The Bertz CT molecular complexity index is 664. The van der Waals surface area contributed by atoms with Crippen LogP contribution in [0.4, 0.5) is 0 Å². The molecule has 0 N–H and O–H groups in total. The number of unbranched alkanes of at least 4 members (excludes halogenated alkanes) is 18. The molecule has 260 valence electrons. The SMILES string of the molecule is CCCCCCCCCC(=O)OCCC[C@@H](CC[C@H](C)OC(=O)CCCCCCCCC)OC(=O)CCCCCCCCC. The predicted molar refractivity (Wildman–Crippen MR) is 183 cm³/mol. The lowest BCUT2D eigenvalue weighted by Gasteiger charge is -2.20. The van der Waals surface area contributed by atoms with Gasteiger partial charge in [0.1, 0.15) is 6.10 Å². The molecule has 0 amide bonds. The van der Waals surface area contributed by atoms with Crippen molar-refractivity contribution in [3.63, 3.8) is 0 Å². The molecule has 0 unspecified atom stereocenters. The van der Waals surface area contributed by atoms with Crippen LogP contribution in [0.2, 0.25) is 0 Å². The smallest absolute Gasteiger partial charge is 0.306 e.